The van der Waals surface area contributed by atoms with E-state index >= 15 is 0 Å². The minimum absolute atomic E-state index is 0.0579. The Hall–Kier alpha value is -1.77. The fourth-order valence-corrected chi connectivity index (χ4v) is 2.72. The van der Waals surface area contributed by atoms with Gasteiger partial charge in [-0.2, -0.15) is 0 Å². The van der Waals surface area contributed by atoms with Gasteiger partial charge in [-0.15, -0.1) is 0 Å². The molecule has 0 radical (unpaired) electrons. The lowest BCUT2D eigenvalue weighted by atomic mass is 10.00. The van der Waals surface area contributed by atoms with Crippen molar-refractivity contribution in [2.75, 3.05) is 0 Å². The molecule has 0 aromatic heterocycles. The molecule has 0 atom stereocenters. The Morgan fingerprint density at radius 1 is 1.00 bits per heavy atom. The number of benzene rings is 1. The van der Waals surface area contributed by atoms with E-state index in [1.807, 2.05) is 0 Å². The van der Waals surface area contributed by atoms with Crippen LogP contribution in [0.4, 0.5) is 0 Å². The number of hydrogen-bond donors (Lipinski definition) is 2. The van der Waals surface area contributed by atoms with E-state index in [0.717, 1.165) is 24.8 Å². The smallest absolute Gasteiger partial charge is 0.339 e. The number of unbranched alkanes of at least 4 members (excludes halogenated alkanes) is 7. The minimum Gasteiger partial charge on any atom is -0.507 e. The highest BCUT2D eigenvalue weighted by Gasteiger charge is 2.14. The molecule has 0 bridgehead atoms. The second-order valence-electron chi connectivity index (χ2n) is 6.04. The molecule has 0 saturated carbocycles. The molecular formula is C20H30O3. The van der Waals surface area contributed by atoms with Crippen LogP contribution in [0.5, 0.6) is 5.75 Å². The largest absolute Gasteiger partial charge is 0.507 e. The van der Waals surface area contributed by atoms with Crippen molar-refractivity contribution < 1.29 is 15.0 Å². The third-order valence-electron chi connectivity index (χ3n) is 4.05. The summed E-state index contributed by atoms with van der Waals surface area (Å²) in [6.45, 7) is 2.22. The van der Waals surface area contributed by atoms with E-state index in [4.69, 9.17) is 5.11 Å². The van der Waals surface area contributed by atoms with E-state index in [9.17, 15) is 9.90 Å². The summed E-state index contributed by atoms with van der Waals surface area (Å²) >= 11 is 0. The number of hydrogen-bond acceptors (Lipinski definition) is 2. The van der Waals surface area contributed by atoms with Gasteiger partial charge in [0.2, 0.25) is 0 Å². The molecule has 0 fully saturated rings. The first-order chi connectivity index (χ1) is 11.2. The molecule has 23 heavy (non-hydrogen) atoms. The Morgan fingerprint density at radius 3 is 2.30 bits per heavy atom. The van der Waals surface area contributed by atoms with Crippen LogP contribution in [0.1, 0.15) is 80.6 Å². The maximum Gasteiger partial charge on any atom is 0.339 e. The first kappa shape index (κ1) is 19.3. The second kappa shape index (κ2) is 11.8. The molecular weight excluding hydrogens is 288 g/mol. The number of aryl methyl sites for hydroxylation is 1. The summed E-state index contributed by atoms with van der Waals surface area (Å²) in [6, 6.07) is 4.93. The van der Waals surface area contributed by atoms with Crippen molar-refractivity contribution in [3.8, 4) is 5.75 Å². The van der Waals surface area contributed by atoms with Gasteiger partial charge >= 0.3 is 5.97 Å². The van der Waals surface area contributed by atoms with Crippen LogP contribution in [0.25, 0.3) is 0 Å². The molecule has 3 nitrogen and oxygen atoms in total. The van der Waals surface area contributed by atoms with Gasteiger partial charge in [-0.05, 0) is 50.2 Å². The molecule has 128 valence electrons. The van der Waals surface area contributed by atoms with Crippen LogP contribution < -0.4 is 0 Å². The third-order valence-corrected chi connectivity index (χ3v) is 4.05. The van der Waals surface area contributed by atoms with Crippen LogP contribution in [-0.4, -0.2) is 16.2 Å². The van der Waals surface area contributed by atoms with Crippen LogP contribution in [0.3, 0.4) is 0 Å². The summed E-state index contributed by atoms with van der Waals surface area (Å²) in [5.74, 6) is -1.19. The molecule has 0 amide bonds. The number of carboxylic acids is 1. The summed E-state index contributed by atoms with van der Waals surface area (Å²) in [7, 11) is 0. The Morgan fingerprint density at radius 2 is 1.65 bits per heavy atom. The summed E-state index contributed by atoms with van der Waals surface area (Å²) in [4.78, 5) is 11.2. The molecule has 2 N–H and O–H groups in total. The number of phenols is 1. The molecule has 0 saturated heterocycles. The van der Waals surface area contributed by atoms with Gasteiger partial charge in [-0.3, -0.25) is 0 Å². The van der Waals surface area contributed by atoms with Gasteiger partial charge < -0.3 is 10.2 Å². The van der Waals surface area contributed by atoms with Crippen molar-refractivity contribution in [1.82, 2.24) is 0 Å². The van der Waals surface area contributed by atoms with Gasteiger partial charge in [0.05, 0.1) is 0 Å². The van der Waals surface area contributed by atoms with E-state index in [1.54, 1.807) is 12.1 Å². The van der Waals surface area contributed by atoms with Crippen LogP contribution in [0, 0.1) is 0 Å². The predicted octanol–water partition coefficient (Wildman–Crippen LogP) is 5.72. The minimum atomic E-state index is -1.05. The molecule has 0 spiro atoms. The first-order valence-electron chi connectivity index (χ1n) is 8.86. The van der Waals surface area contributed by atoms with Gasteiger partial charge in [0, 0.05) is 0 Å². The zero-order valence-corrected chi connectivity index (χ0v) is 14.3. The lowest BCUT2D eigenvalue weighted by molar-refractivity contribution is 0.0692. The molecule has 0 aliphatic carbocycles. The maximum atomic E-state index is 11.2. The Labute approximate surface area is 140 Å². The first-order valence-corrected chi connectivity index (χ1v) is 8.86. The standard InChI is InChI=1S/C20H30O3/c1-2-3-4-5-6-7-8-9-10-11-12-14-17-15-13-16-18(21)19(17)20(22)23/h6-7,13,15-16,21H,2-5,8-12,14H2,1H3,(H,22,23)/b7-6-. The molecule has 0 aliphatic rings. The summed E-state index contributed by atoms with van der Waals surface area (Å²) in [6.07, 6.45) is 15.9. The van der Waals surface area contributed by atoms with E-state index < -0.39 is 5.97 Å². The fourth-order valence-electron chi connectivity index (χ4n) is 2.72. The van der Waals surface area contributed by atoms with Crippen molar-refractivity contribution in [3.63, 3.8) is 0 Å². The Bertz CT molecular complexity index is 492. The van der Waals surface area contributed by atoms with Gasteiger partial charge in [-0.1, -0.05) is 56.9 Å². The Kier molecular flexibility index (Phi) is 9.85. The van der Waals surface area contributed by atoms with E-state index in [-0.39, 0.29) is 11.3 Å². The lowest BCUT2D eigenvalue weighted by Gasteiger charge is -2.07. The number of allylic oxidation sites excluding steroid dienone is 2. The molecule has 3 heteroatoms. The van der Waals surface area contributed by atoms with Crippen molar-refractivity contribution in [2.24, 2.45) is 0 Å². The van der Waals surface area contributed by atoms with Crippen molar-refractivity contribution in [1.29, 1.82) is 0 Å². The van der Waals surface area contributed by atoms with Gasteiger partial charge in [0.1, 0.15) is 11.3 Å². The van der Waals surface area contributed by atoms with E-state index in [1.165, 1.54) is 44.6 Å². The SMILES string of the molecule is CCCCC/C=C\CCCCCCc1cccc(O)c1C(=O)O. The number of carboxylic acid groups (broad SMARTS) is 1. The normalized spacial score (nSPS) is 11.2. The number of aromatic carboxylic acids is 1. The van der Waals surface area contributed by atoms with Gasteiger partial charge in [0.25, 0.3) is 0 Å². The van der Waals surface area contributed by atoms with E-state index in [0.29, 0.717) is 6.42 Å². The topological polar surface area (TPSA) is 57.5 Å². The summed E-state index contributed by atoms with van der Waals surface area (Å²) in [5.41, 5.74) is 0.788. The number of rotatable bonds is 12. The molecule has 0 unspecified atom stereocenters. The fraction of sp³-hybridized carbons (Fsp3) is 0.550. The quantitative estimate of drug-likeness (QED) is 0.383. The van der Waals surface area contributed by atoms with Gasteiger partial charge in [0.15, 0.2) is 0 Å². The summed E-state index contributed by atoms with van der Waals surface area (Å²) < 4.78 is 0. The van der Waals surface area contributed by atoms with Crippen LogP contribution in [0.15, 0.2) is 30.4 Å². The lowest BCUT2D eigenvalue weighted by Crippen LogP contribution is -2.03. The second-order valence-corrected chi connectivity index (χ2v) is 6.04. The predicted molar refractivity (Wildman–Crippen MR) is 95.1 cm³/mol. The zero-order valence-electron chi connectivity index (χ0n) is 14.3. The van der Waals surface area contributed by atoms with Crippen LogP contribution >= 0.6 is 0 Å². The van der Waals surface area contributed by atoms with E-state index in [2.05, 4.69) is 19.1 Å². The highest BCUT2D eigenvalue weighted by molar-refractivity contribution is 5.92. The van der Waals surface area contributed by atoms with Crippen LogP contribution in [-0.2, 0) is 6.42 Å². The average molecular weight is 318 g/mol. The van der Waals surface area contributed by atoms with Gasteiger partial charge in [-0.25, -0.2) is 4.79 Å². The molecule has 0 heterocycles. The molecule has 1 aromatic carbocycles. The summed E-state index contributed by atoms with van der Waals surface area (Å²) in [5, 5.41) is 18.8. The molecule has 1 rings (SSSR count). The molecule has 1 aromatic rings. The number of aromatic hydroxyl groups is 1. The van der Waals surface area contributed by atoms with Crippen molar-refractivity contribution in [2.45, 2.75) is 71.1 Å². The average Bonchev–Trinajstić information content (AvgIpc) is 2.52. The van der Waals surface area contributed by atoms with Crippen molar-refractivity contribution >= 4 is 5.97 Å². The van der Waals surface area contributed by atoms with Crippen molar-refractivity contribution in [3.05, 3.63) is 41.5 Å². The maximum absolute atomic E-state index is 11.2. The zero-order chi connectivity index (χ0) is 16.9. The monoisotopic (exact) mass is 318 g/mol. The third kappa shape index (κ3) is 7.87. The number of carbonyl (C=O) groups is 1. The molecule has 0 aliphatic heterocycles. The van der Waals surface area contributed by atoms with Crippen LogP contribution in [0.2, 0.25) is 0 Å². The highest BCUT2D eigenvalue weighted by Crippen LogP contribution is 2.22. The highest BCUT2D eigenvalue weighted by atomic mass is 16.4. The Balaban J connectivity index is 2.16.